The predicted molar refractivity (Wildman–Crippen MR) is 139 cm³/mol. The van der Waals surface area contributed by atoms with Crippen LogP contribution in [0.15, 0.2) is 94.2 Å². The molecule has 0 bridgehead atoms. The topological polar surface area (TPSA) is 58.1 Å². The number of amides is 1. The van der Waals surface area contributed by atoms with Gasteiger partial charge in [0.05, 0.1) is 5.75 Å². The number of nitrogens with zero attached hydrogens (tertiary/aromatic N) is 3. The van der Waals surface area contributed by atoms with Crippen molar-refractivity contribution >= 4 is 51.6 Å². The van der Waals surface area contributed by atoms with Gasteiger partial charge in [0.1, 0.15) is 0 Å². The van der Waals surface area contributed by atoms with Crippen molar-refractivity contribution in [3.8, 4) is 0 Å². The summed E-state index contributed by atoms with van der Waals surface area (Å²) in [7, 11) is 0. The zero-order chi connectivity index (χ0) is 24.5. The number of carbonyl (C=O) groups excluding carboxylic acids is 1. The van der Waals surface area contributed by atoms with E-state index in [4.69, 9.17) is 0 Å². The van der Waals surface area contributed by atoms with Crippen molar-refractivity contribution in [2.75, 3.05) is 11.1 Å². The number of carbonyl (C=O) groups is 1. The van der Waals surface area contributed by atoms with Gasteiger partial charge in [-0.1, -0.05) is 95.5 Å². The Bertz CT molecular complexity index is 1170. The molecular formula is C25H22F2N4OS3. The van der Waals surface area contributed by atoms with Crippen LogP contribution in [0.5, 0.6) is 0 Å². The molecule has 0 fully saturated rings. The van der Waals surface area contributed by atoms with Gasteiger partial charge in [-0.2, -0.15) is 8.78 Å². The standard InChI is InChI=1S/C25H22F2N4OS3/c26-23(27)34-21-13-11-20(12-14-21)28-24-29-30-25(35-24)33-17-22(32)31(15-18-7-3-1-4-8-18)16-19-9-5-2-6-10-19/h1-14,23H,15-17H2,(H,28,29). The molecule has 0 unspecified atom stereocenters. The molecule has 0 aliphatic heterocycles. The van der Waals surface area contributed by atoms with E-state index in [0.717, 1.165) is 16.8 Å². The first-order chi connectivity index (χ1) is 17.0. The molecule has 3 aromatic carbocycles. The summed E-state index contributed by atoms with van der Waals surface area (Å²) in [6.07, 6.45) is 0. The molecule has 1 aromatic heterocycles. The highest BCUT2D eigenvalue weighted by molar-refractivity contribution is 8.01. The van der Waals surface area contributed by atoms with Gasteiger partial charge < -0.3 is 10.2 Å². The zero-order valence-electron chi connectivity index (χ0n) is 18.5. The zero-order valence-corrected chi connectivity index (χ0v) is 21.0. The van der Waals surface area contributed by atoms with E-state index in [1.54, 1.807) is 24.3 Å². The SMILES string of the molecule is O=C(CSc1nnc(Nc2ccc(SC(F)F)cc2)s1)N(Cc1ccccc1)Cc1ccccc1. The first-order valence-electron chi connectivity index (χ1n) is 10.7. The molecule has 0 saturated carbocycles. The molecule has 5 nitrogen and oxygen atoms in total. The molecule has 1 N–H and O–H groups in total. The second-order valence-electron chi connectivity index (χ2n) is 7.41. The van der Waals surface area contributed by atoms with Gasteiger partial charge in [0.2, 0.25) is 11.0 Å². The van der Waals surface area contributed by atoms with Gasteiger partial charge >= 0.3 is 0 Å². The second-order valence-corrected chi connectivity index (χ2v) is 10.7. The molecule has 4 rings (SSSR count). The van der Waals surface area contributed by atoms with Crippen LogP contribution in [0.1, 0.15) is 11.1 Å². The molecule has 0 radical (unpaired) electrons. The summed E-state index contributed by atoms with van der Waals surface area (Å²) in [5.74, 6) is -2.19. The first-order valence-corrected chi connectivity index (χ1v) is 13.4. The number of rotatable bonds is 11. The molecule has 0 atom stereocenters. The average molecular weight is 529 g/mol. The fourth-order valence-corrected chi connectivity index (χ4v) is 5.39. The molecule has 1 heterocycles. The summed E-state index contributed by atoms with van der Waals surface area (Å²) in [5, 5.41) is 12.0. The average Bonchev–Trinajstić information content (AvgIpc) is 3.31. The fraction of sp³-hybridized carbons (Fsp3) is 0.160. The highest BCUT2D eigenvalue weighted by Crippen LogP contribution is 2.30. The number of benzene rings is 3. The van der Waals surface area contributed by atoms with Crippen LogP contribution in [-0.2, 0) is 17.9 Å². The van der Waals surface area contributed by atoms with E-state index >= 15 is 0 Å². The predicted octanol–water partition coefficient (Wildman–Crippen LogP) is 6.92. The molecule has 0 aliphatic carbocycles. The Morgan fingerprint density at radius 2 is 1.49 bits per heavy atom. The third kappa shape index (κ3) is 8.05. The van der Waals surface area contributed by atoms with Crippen LogP contribution in [0.2, 0.25) is 0 Å². The molecule has 0 spiro atoms. The highest BCUT2D eigenvalue weighted by atomic mass is 32.2. The van der Waals surface area contributed by atoms with Gasteiger partial charge in [0, 0.05) is 23.7 Å². The van der Waals surface area contributed by atoms with E-state index in [9.17, 15) is 13.6 Å². The summed E-state index contributed by atoms with van der Waals surface area (Å²) in [6.45, 7) is 1.05. The van der Waals surface area contributed by atoms with E-state index < -0.39 is 5.76 Å². The van der Waals surface area contributed by atoms with Gasteiger partial charge in [0.15, 0.2) is 4.34 Å². The largest absolute Gasteiger partial charge is 0.333 e. The highest BCUT2D eigenvalue weighted by Gasteiger charge is 2.17. The van der Waals surface area contributed by atoms with Crippen LogP contribution in [0, 0.1) is 0 Å². The third-order valence-corrected chi connectivity index (χ3v) is 7.52. The summed E-state index contributed by atoms with van der Waals surface area (Å²) in [6, 6.07) is 26.5. The van der Waals surface area contributed by atoms with E-state index in [2.05, 4.69) is 15.5 Å². The lowest BCUT2D eigenvalue weighted by molar-refractivity contribution is -0.129. The number of aromatic nitrogens is 2. The maximum absolute atomic E-state index is 13.1. The van der Waals surface area contributed by atoms with Gasteiger partial charge in [-0.25, -0.2) is 0 Å². The molecule has 0 saturated heterocycles. The molecule has 180 valence electrons. The number of halogens is 2. The summed E-state index contributed by atoms with van der Waals surface area (Å²) < 4.78 is 25.6. The van der Waals surface area contributed by atoms with Crippen LogP contribution in [-0.4, -0.2) is 32.5 Å². The Morgan fingerprint density at radius 3 is 2.06 bits per heavy atom. The summed E-state index contributed by atoms with van der Waals surface area (Å²) in [4.78, 5) is 15.5. The van der Waals surface area contributed by atoms with Crippen molar-refractivity contribution in [2.45, 2.75) is 28.1 Å². The summed E-state index contributed by atoms with van der Waals surface area (Å²) >= 11 is 3.19. The van der Waals surface area contributed by atoms with Crippen LogP contribution in [0.4, 0.5) is 19.6 Å². The Kier molecular flexibility index (Phi) is 9.10. The molecule has 4 aromatic rings. The maximum atomic E-state index is 13.1. The van der Waals surface area contributed by atoms with Gasteiger partial charge in [-0.3, -0.25) is 4.79 Å². The minimum atomic E-state index is -2.45. The maximum Gasteiger partial charge on any atom is 0.288 e. The van der Waals surface area contributed by atoms with Crippen molar-refractivity contribution in [3.05, 3.63) is 96.1 Å². The van der Waals surface area contributed by atoms with Gasteiger partial charge in [-0.05, 0) is 35.4 Å². The Balaban J connectivity index is 1.35. The number of thioether (sulfide) groups is 2. The summed E-state index contributed by atoms with van der Waals surface area (Å²) in [5.41, 5.74) is 2.87. The van der Waals surface area contributed by atoms with E-state index in [-0.39, 0.29) is 11.7 Å². The van der Waals surface area contributed by atoms with E-state index in [1.807, 2.05) is 65.6 Å². The van der Waals surface area contributed by atoms with Crippen molar-refractivity contribution in [1.82, 2.24) is 15.1 Å². The van der Waals surface area contributed by atoms with Gasteiger partial charge in [-0.15, -0.1) is 10.2 Å². The van der Waals surface area contributed by atoms with Crippen LogP contribution in [0.3, 0.4) is 0 Å². The van der Waals surface area contributed by atoms with Gasteiger partial charge in [0.25, 0.3) is 5.76 Å². The monoisotopic (exact) mass is 528 g/mol. The van der Waals surface area contributed by atoms with E-state index in [1.165, 1.54) is 23.1 Å². The molecule has 0 aliphatic rings. The van der Waals surface area contributed by atoms with Crippen LogP contribution >= 0.6 is 34.9 Å². The number of hydrogen-bond acceptors (Lipinski definition) is 7. The lowest BCUT2D eigenvalue weighted by Gasteiger charge is -2.23. The van der Waals surface area contributed by atoms with Crippen molar-refractivity contribution in [2.24, 2.45) is 0 Å². The Morgan fingerprint density at radius 1 is 0.886 bits per heavy atom. The normalized spacial score (nSPS) is 10.9. The Labute approximate surface area is 215 Å². The third-order valence-electron chi connectivity index (χ3n) is 4.84. The van der Waals surface area contributed by atoms with E-state index in [0.29, 0.717) is 39.2 Å². The lowest BCUT2D eigenvalue weighted by Crippen LogP contribution is -2.31. The second kappa shape index (κ2) is 12.7. The molecule has 10 heteroatoms. The number of anilines is 2. The number of nitrogens with one attached hydrogen (secondary N) is 1. The quantitative estimate of drug-likeness (QED) is 0.213. The van der Waals surface area contributed by atoms with Crippen molar-refractivity contribution < 1.29 is 13.6 Å². The Hall–Kier alpha value is -2.95. The van der Waals surface area contributed by atoms with Crippen LogP contribution in [0.25, 0.3) is 0 Å². The fourth-order valence-electron chi connectivity index (χ4n) is 3.22. The first kappa shape index (κ1) is 25.2. The van der Waals surface area contributed by atoms with Crippen LogP contribution < -0.4 is 5.32 Å². The smallest absolute Gasteiger partial charge is 0.288 e. The number of hydrogen-bond donors (Lipinski definition) is 1. The lowest BCUT2D eigenvalue weighted by atomic mass is 10.1. The number of alkyl halides is 2. The minimum absolute atomic E-state index is 0.0135. The van der Waals surface area contributed by atoms with Crippen molar-refractivity contribution in [1.29, 1.82) is 0 Å². The molecule has 1 amide bonds. The van der Waals surface area contributed by atoms with Crippen molar-refractivity contribution in [3.63, 3.8) is 0 Å². The minimum Gasteiger partial charge on any atom is -0.333 e. The molecular weight excluding hydrogens is 506 g/mol. The molecule has 35 heavy (non-hydrogen) atoms.